The molecule has 0 bridgehead atoms. The number of amides is 1. The van der Waals surface area contributed by atoms with Crippen LogP contribution in [0.3, 0.4) is 0 Å². The molecule has 2 saturated heterocycles. The van der Waals surface area contributed by atoms with Gasteiger partial charge in [-0.25, -0.2) is 4.39 Å². The van der Waals surface area contributed by atoms with Crippen LogP contribution < -0.4 is 4.90 Å². The van der Waals surface area contributed by atoms with Crippen molar-refractivity contribution in [3.63, 3.8) is 0 Å². The lowest BCUT2D eigenvalue weighted by Crippen LogP contribution is -2.45. The molecule has 0 aliphatic carbocycles. The number of β-amino-alcohol motifs (C(OH)–C–C–N with tert-alkyl or cyclic N) is 1. The fourth-order valence-electron chi connectivity index (χ4n) is 4.88. The lowest BCUT2D eigenvalue weighted by Gasteiger charge is -2.38. The van der Waals surface area contributed by atoms with E-state index in [4.69, 9.17) is 11.6 Å². The summed E-state index contributed by atoms with van der Waals surface area (Å²) in [5.74, 6) is -0.560. The van der Waals surface area contributed by atoms with Gasteiger partial charge < -0.3 is 14.9 Å². The number of likely N-dealkylation sites (tertiary alicyclic amines) is 1. The van der Waals surface area contributed by atoms with Crippen LogP contribution >= 0.6 is 11.6 Å². The molecule has 1 N–H and O–H groups in total. The number of hydrogen-bond acceptors (Lipinski definition) is 3. The van der Waals surface area contributed by atoms with Gasteiger partial charge in [-0.05, 0) is 62.2 Å². The lowest BCUT2D eigenvalue weighted by molar-refractivity contribution is -0.128. The molecular formula is C24H25ClF4N2O2. The number of anilines is 1. The quantitative estimate of drug-likeness (QED) is 0.598. The molecular weight excluding hydrogens is 460 g/mol. The SMILES string of the molecule is O=C1N(c2ccc(CC(F)(F)F)cc2)CCC12CCN(CC(O)c1c(F)cccc1Cl)CC2. The lowest BCUT2D eigenvalue weighted by atomic mass is 9.77. The van der Waals surface area contributed by atoms with E-state index in [1.165, 1.54) is 30.3 Å². The monoisotopic (exact) mass is 484 g/mol. The van der Waals surface area contributed by atoms with E-state index in [0.717, 1.165) is 0 Å². The van der Waals surface area contributed by atoms with Crippen LogP contribution in [0, 0.1) is 11.2 Å². The molecule has 2 aromatic carbocycles. The zero-order valence-electron chi connectivity index (χ0n) is 17.9. The van der Waals surface area contributed by atoms with Gasteiger partial charge in [0.2, 0.25) is 5.91 Å². The highest BCUT2D eigenvalue weighted by molar-refractivity contribution is 6.31. The molecule has 2 heterocycles. The van der Waals surface area contributed by atoms with Gasteiger partial charge in [0.1, 0.15) is 5.82 Å². The molecule has 0 radical (unpaired) electrons. The maximum atomic E-state index is 14.1. The van der Waals surface area contributed by atoms with Crippen molar-refractivity contribution in [2.24, 2.45) is 5.41 Å². The van der Waals surface area contributed by atoms with E-state index in [9.17, 15) is 27.5 Å². The fourth-order valence-corrected chi connectivity index (χ4v) is 5.17. The average Bonchev–Trinajstić information content (AvgIpc) is 3.05. The number of nitrogens with zero attached hydrogens (tertiary/aromatic N) is 2. The molecule has 0 saturated carbocycles. The number of halogens is 5. The molecule has 9 heteroatoms. The predicted octanol–water partition coefficient (Wildman–Crippen LogP) is 5.14. The third-order valence-electron chi connectivity index (χ3n) is 6.74. The van der Waals surface area contributed by atoms with Crippen molar-refractivity contribution >= 4 is 23.2 Å². The van der Waals surface area contributed by atoms with Crippen LogP contribution in [0.5, 0.6) is 0 Å². The third-order valence-corrected chi connectivity index (χ3v) is 7.07. The Kier molecular flexibility index (Phi) is 6.71. The molecule has 0 aromatic heterocycles. The molecule has 2 aliphatic rings. The highest BCUT2D eigenvalue weighted by Crippen LogP contribution is 2.43. The second kappa shape index (κ2) is 9.24. The highest BCUT2D eigenvalue weighted by atomic mass is 35.5. The summed E-state index contributed by atoms with van der Waals surface area (Å²) in [5.41, 5.74) is 0.336. The molecule has 2 aromatic rings. The molecule has 4 nitrogen and oxygen atoms in total. The van der Waals surface area contributed by atoms with E-state index in [1.54, 1.807) is 17.0 Å². The summed E-state index contributed by atoms with van der Waals surface area (Å²) in [6.45, 7) is 1.89. The van der Waals surface area contributed by atoms with E-state index in [0.29, 0.717) is 44.6 Å². The van der Waals surface area contributed by atoms with Crippen molar-refractivity contribution in [1.29, 1.82) is 0 Å². The minimum atomic E-state index is -4.27. The molecule has 1 amide bonds. The van der Waals surface area contributed by atoms with Crippen LogP contribution in [-0.2, 0) is 11.2 Å². The Bertz CT molecular complexity index is 984. The van der Waals surface area contributed by atoms with Gasteiger partial charge in [0, 0.05) is 29.4 Å². The Morgan fingerprint density at radius 3 is 2.27 bits per heavy atom. The van der Waals surface area contributed by atoms with Gasteiger partial charge in [-0.3, -0.25) is 4.79 Å². The van der Waals surface area contributed by atoms with Crippen LogP contribution in [0.1, 0.15) is 36.5 Å². The number of benzene rings is 2. The van der Waals surface area contributed by atoms with E-state index in [1.807, 2.05) is 4.90 Å². The number of alkyl halides is 3. The second-order valence-electron chi connectivity index (χ2n) is 8.90. The molecule has 1 atom stereocenters. The summed E-state index contributed by atoms with van der Waals surface area (Å²) in [7, 11) is 0. The Labute approximate surface area is 194 Å². The zero-order chi connectivity index (χ0) is 23.8. The molecule has 2 aliphatic heterocycles. The Morgan fingerprint density at radius 2 is 1.67 bits per heavy atom. The first-order valence-electron chi connectivity index (χ1n) is 10.9. The van der Waals surface area contributed by atoms with Gasteiger partial charge in [0.15, 0.2) is 0 Å². The van der Waals surface area contributed by atoms with Gasteiger partial charge in [-0.1, -0.05) is 29.8 Å². The smallest absolute Gasteiger partial charge is 0.387 e. The number of carbonyl (C=O) groups excluding carboxylic acids is 1. The maximum absolute atomic E-state index is 14.1. The summed E-state index contributed by atoms with van der Waals surface area (Å²) in [6.07, 6.45) is -4.46. The highest BCUT2D eigenvalue weighted by Gasteiger charge is 2.48. The second-order valence-corrected chi connectivity index (χ2v) is 9.30. The van der Waals surface area contributed by atoms with Crippen molar-refractivity contribution < 1.29 is 27.5 Å². The largest absolute Gasteiger partial charge is 0.393 e. The number of carbonyl (C=O) groups is 1. The number of piperidine rings is 1. The van der Waals surface area contributed by atoms with Gasteiger partial charge in [0.25, 0.3) is 0 Å². The van der Waals surface area contributed by atoms with E-state index in [2.05, 4.69) is 0 Å². The normalized spacial score (nSPS) is 19.9. The van der Waals surface area contributed by atoms with Crippen LogP contribution in [0.4, 0.5) is 23.2 Å². The van der Waals surface area contributed by atoms with Gasteiger partial charge in [0.05, 0.1) is 17.9 Å². The Balaban J connectivity index is 1.36. The van der Waals surface area contributed by atoms with Crippen molar-refractivity contribution in [1.82, 2.24) is 4.90 Å². The average molecular weight is 485 g/mol. The minimum Gasteiger partial charge on any atom is -0.387 e. The molecule has 1 spiro atoms. The zero-order valence-corrected chi connectivity index (χ0v) is 18.7. The third kappa shape index (κ3) is 5.18. The molecule has 1 unspecified atom stereocenters. The first-order chi connectivity index (χ1) is 15.6. The van der Waals surface area contributed by atoms with Crippen LogP contribution in [-0.4, -0.2) is 48.3 Å². The van der Waals surface area contributed by atoms with Crippen LogP contribution in [0.2, 0.25) is 5.02 Å². The van der Waals surface area contributed by atoms with Gasteiger partial charge >= 0.3 is 6.18 Å². The molecule has 178 valence electrons. The topological polar surface area (TPSA) is 43.8 Å². The molecule has 4 rings (SSSR count). The van der Waals surface area contributed by atoms with E-state index in [-0.39, 0.29) is 28.6 Å². The summed E-state index contributed by atoms with van der Waals surface area (Å²) >= 11 is 6.05. The summed E-state index contributed by atoms with van der Waals surface area (Å²) < 4.78 is 51.8. The number of rotatable bonds is 5. The summed E-state index contributed by atoms with van der Waals surface area (Å²) in [6, 6.07) is 10.3. The maximum Gasteiger partial charge on any atom is 0.393 e. The van der Waals surface area contributed by atoms with Gasteiger partial charge in [-0.15, -0.1) is 0 Å². The Morgan fingerprint density at radius 1 is 1.03 bits per heavy atom. The minimum absolute atomic E-state index is 0.0107. The van der Waals surface area contributed by atoms with Crippen molar-refractivity contribution in [2.75, 3.05) is 31.1 Å². The summed E-state index contributed by atoms with van der Waals surface area (Å²) in [5, 5.41) is 10.7. The van der Waals surface area contributed by atoms with Crippen molar-refractivity contribution in [3.8, 4) is 0 Å². The first-order valence-corrected chi connectivity index (χ1v) is 11.3. The predicted molar refractivity (Wildman–Crippen MR) is 118 cm³/mol. The van der Waals surface area contributed by atoms with E-state index >= 15 is 0 Å². The van der Waals surface area contributed by atoms with Crippen LogP contribution in [0.15, 0.2) is 42.5 Å². The van der Waals surface area contributed by atoms with Crippen molar-refractivity contribution in [3.05, 3.63) is 64.4 Å². The standard InChI is InChI=1S/C24H25ClF4N2O2/c25-18-2-1-3-19(26)21(18)20(32)15-30-11-8-23(9-12-30)10-13-31(22(23)33)17-6-4-16(5-7-17)14-24(27,28)29/h1-7,20,32H,8-15H2. The van der Waals surface area contributed by atoms with Crippen LogP contribution in [0.25, 0.3) is 0 Å². The van der Waals surface area contributed by atoms with E-state index < -0.39 is 29.9 Å². The van der Waals surface area contributed by atoms with Crippen molar-refractivity contribution in [2.45, 2.75) is 38.0 Å². The fraction of sp³-hybridized carbons (Fsp3) is 0.458. The Hall–Kier alpha value is -2.16. The first kappa shape index (κ1) is 24.0. The van der Waals surface area contributed by atoms with Gasteiger partial charge in [-0.2, -0.15) is 13.2 Å². The summed E-state index contributed by atoms with van der Waals surface area (Å²) in [4.78, 5) is 16.9. The molecule has 33 heavy (non-hydrogen) atoms. The number of aliphatic hydroxyl groups is 1. The number of aliphatic hydroxyl groups excluding tert-OH is 1. The number of hydrogen-bond donors (Lipinski definition) is 1. The molecule has 2 fully saturated rings.